The van der Waals surface area contributed by atoms with E-state index in [4.69, 9.17) is 18.9 Å². The highest BCUT2D eigenvalue weighted by molar-refractivity contribution is 8.01. The molecule has 0 unspecified atom stereocenters. The highest BCUT2D eigenvalue weighted by Gasteiger charge is 2.30. The molecule has 0 spiro atoms. The molecular formula is C54H67NO6S4. The number of aromatic hydroxyl groups is 2. The van der Waals surface area contributed by atoms with E-state index in [1.54, 1.807) is 0 Å². The molecule has 0 fully saturated rings. The van der Waals surface area contributed by atoms with Crippen LogP contribution >= 0.6 is 47.0 Å². The van der Waals surface area contributed by atoms with Crippen molar-refractivity contribution in [2.75, 3.05) is 57.6 Å². The van der Waals surface area contributed by atoms with E-state index in [1.807, 2.05) is 6.07 Å². The number of hydrogen-bond acceptors (Lipinski definition) is 11. The van der Waals surface area contributed by atoms with E-state index in [0.717, 1.165) is 67.1 Å². The van der Waals surface area contributed by atoms with Gasteiger partial charge < -0.3 is 34.1 Å². The average Bonchev–Trinajstić information content (AvgIpc) is 3.21. The van der Waals surface area contributed by atoms with E-state index < -0.39 is 0 Å². The molecule has 348 valence electrons. The molecule has 0 aliphatic carbocycles. The molecule has 5 aromatic carbocycles. The molecule has 0 atom stereocenters. The summed E-state index contributed by atoms with van der Waals surface area (Å²) in [7, 11) is 0. The van der Waals surface area contributed by atoms with Gasteiger partial charge in [0.1, 0.15) is 36.2 Å². The molecule has 3 aliphatic rings. The van der Waals surface area contributed by atoms with Gasteiger partial charge in [-0.2, -0.15) is 0 Å². The van der Waals surface area contributed by atoms with Crippen molar-refractivity contribution in [3.8, 4) is 23.0 Å². The molecule has 3 aliphatic heterocycles. The van der Waals surface area contributed by atoms with Crippen molar-refractivity contribution in [3.05, 3.63) is 101 Å². The molecule has 8 rings (SSSR count). The smallest absolute Gasteiger partial charge is 0.147 e. The first-order chi connectivity index (χ1) is 30.6. The molecule has 0 radical (unpaired) electrons. The molecule has 3 heterocycles. The summed E-state index contributed by atoms with van der Waals surface area (Å²) in [4.78, 5) is 8.74. The Morgan fingerprint density at radius 2 is 0.692 bits per heavy atom. The summed E-state index contributed by atoms with van der Waals surface area (Å²) in [6.45, 7) is 30.3. The van der Waals surface area contributed by atoms with Crippen LogP contribution in [-0.4, -0.2) is 62.9 Å². The van der Waals surface area contributed by atoms with Crippen LogP contribution in [0.15, 0.2) is 118 Å². The maximum Gasteiger partial charge on any atom is 0.147 e. The van der Waals surface area contributed by atoms with Crippen LogP contribution in [-0.2, 0) is 31.1 Å². The summed E-state index contributed by atoms with van der Waals surface area (Å²) in [5.74, 6) is 1.79. The number of nitrogens with zero attached hydrogens (tertiary/aromatic N) is 1. The zero-order chi connectivity index (χ0) is 46.9. The lowest BCUT2D eigenvalue weighted by atomic mass is 9.87. The number of phenols is 2. The minimum Gasteiger partial charge on any atom is -0.506 e. The van der Waals surface area contributed by atoms with Gasteiger partial charge in [-0.1, -0.05) is 148 Å². The summed E-state index contributed by atoms with van der Waals surface area (Å²) < 4.78 is 26.3. The van der Waals surface area contributed by atoms with Crippen LogP contribution in [0, 0.1) is 0 Å². The van der Waals surface area contributed by atoms with Crippen molar-refractivity contribution < 1.29 is 29.2 Å². The molecule has 0 aromatic heterocycles. The Morgan fingerprint density at radius 1 is 0.400 bits per heavy atom. The summed E-state index contributed by atoms with van der Waals surface area (Å²) in [5.41, 5.74) is 4.67. The zero-order valence-corrected chi connectivity index (χ0v) is 43.5. The third kappa shape index (κ3) is 12.1. The first kappa shape index (κ1) is 49.3. The van der Waals surface area contributed by atoms with E-state index in [0.29, 0.717) is 64.2 Å². The van der Waals surface area contributed by atoms with Crippen LogP contribution in [0.5, 0.6) is 23.0 Å². The largest absolute Gasteiger partial charge is 0.506 e. The maximum absolute atomic E-state index is 12.5. The minimum absolute atomic E-state index is 0.206. The first-order valence-corrected chi connectivity index (χ1v) is 25.9. The van der Waals surface area contributed by atoms with Gasteiger partial charge in [-0.05, 0) is 105 Å². The highest BCUT2D eigenvalue weighted by atomic mass is 32.2. The topological polar surface area (TPSA) is 80.6 Å². The van der Waals surface area contributed by atoms with Crippen LogP contribution < -0.4 is 14.4 Å². The van der Waals surface area contributed by atoms with Gasteiger partial charge in [-0.25, -0.2) is 0 Å². The third-order valence-electron chi connectivity index (χ3n) is 11.5. The number of fused-ring (bicyclic) bond motifs is 12. The molecule has 0 amide bonds. The van der Waals surface area contributed by atoms with Crippen LogP contribution in [0.2, 0.25) is 0 Å². The lowest BCUT2D eigenvalue weighted by molar-refractivity contribution is 0.0940. The molecule has 0 saturated heterocycles. The molecule has 10 bridgehead atoms. The predicted octanol–water partition coefficient (Wildman–Crippen LogP) is 14.5. The number of hydrogen-bond donors (Lipinski definition) is 2. The van der Waals surface area contributed by atoms with Gasteiger partial charge in [0.2, 0.25) is 0 Å². The summed E-state index contributed by atoms with van der Waals surface area (Å²) in [6, 6.07) is 27.7. The second-order valence-corrected chi connectivity index (χ2v) is 25.2. The average molecular weight is 954 g/mol. The monoisotopic (exact) mass is 953 g/mol. The standard InChI is InChI=1S/C54H67NO6S4/c1-51(2,3)34-26-39-47(56)40(27-34)63-44-31-37(54(10,11)12)33-46-50(44)61-25-23-59-21-19-55(38-16-14-13-15-17-38)18-20-58-22-24-60-49-43(62-39)30-36(53(7,8)9)32-45(49)64-41-28-35(52(4,5)6)29-42(65-46)48(41)57/h13-17,26-33,56-57H,18-25H2,1-12H3. The third-order valence-corrected chi connectivity index (χ3v) is 15.8. The maximum atomic E-state index is 12.5. The van der Waals surface area contributed by atoms with E-state index in [2.05, 4.69) is 161 Å². The quantitative estimate of drug-likeness (QED) is 0.155. The summed E-state index contributed by atoms with van der Waals surface area (Å²) in [6.07, 6.45) is 0. The number of ether oxygens (including phenoxy) is 4. The normalized spacial score (nSPS) is 16.1. The van der Waals surface area contributed by atoms with Crippen molar-refractivity contribution in [3.63, 3.8) is 0 Å². The predicted molar refractivity (Wildman–Crippen MR) is 272 cm³/mol. The fraction of sp³-hybridized carbons (Fsp3) is 0.444. The Hall–Kier alpha value is -3.58. The SMILES string of the molecule is CC(C)(C)c1cc2c(O)c(c1)Sc1cc(C(C)(C)C)cc3c1OCCOCCN(c1ccccc1)CCOCCOc1c(cc(C(C)(C)C)cc1Sc1cc(C(C)(C)C)cc(c1O)S3)S2. The first-order valence-electron chi connectivity index (χ1n) is 22.6. The van der Waals surface area contributed by atoms with Gasteiger partial charge >= 0.3 is 0 Å². The molecular weight excluding hydrogens is 887 g/mol. The number of phenolic OH excluding ortho intramolecular Hbond substituents is 2. The second-order valence-electron chi connectivity index (χ2n) is 20.9. The van der Waals surface area contributed by atoms with Gasteiger partial charge in [-0.3, -0.25) is 0 Å². The number of para-hydroxylation sites is 1. The van der Waals surface area contributed by atoms with E-state index in [-0.39, 0.29) is 33.2 Å². The van der Waals surface area contributed by atoms with E-state index >= 15 is 0 Å². The minimum atomic E-state index is -0.221. The van der Waals surface area contributed by atoms with Gasteiger partial charge in [0.15, 0.2) is 0 Å². The summed E-state index contributed by atoms with van der Waals surface area (Å²) in [5, 5.41) is 25.0. The van der Waals surface area contributed by atoms with E-state index in [1.165, 1.54) is 47.0 Å². The van der Waals surface area contributed by atoms with Crippen molar-refractivity contribution >= 4 is 52.7 Å². The van der Waals surface area contributed by atoms with Gasteiger partial charge in [0, 0.05) is 18.8 Å². The van der Waals surface area contributed by atoms with Crippen LogP contribution in [0.3, 0.4) is 0 Å². The van der Waals surface area contributed by atoms with E-state index in [9.17, 15) is 10.2 Å². The zero-order valence-electron chi connectivity index (χ0n) is 40.3. The van der Waals surface area contributed by atoms with Crippen molar-refractivity contribution in [1.82, 2.24) is 0 Å². The van der Waals surface area contributed by atoms with Gasteiger partial charge in [0.05, 0.1) is 65.6 Å². The molecule has 7 nitrogen and oxygen atoms in total. The molecule has 2 N–H and O–H groups in total. The Labute approximate surface area is 405 Å². The number of rotatable bonds is 1. The molecule has 11 heteroatoms. The highest BCUT2D eigenvalue weighted by Crippen LogP contribution is 2.56. The van der Waals surface area contributed by atoms with Crippen molar-refractivity contribution in [1.29, 1.82) is 0 Å². The number of anilines is 1. The molecule has 65 heavy (non-hydrogen) atoms. The summed E-state index contributed by atoms with van der Waals surface area (Å²) >= 11 is 6.08. The number of benzene rings is 5. The molecule has 5 aromatic rings. The fourth-order valence-corrected chi connectivity index (χ4v) is 12.0. The molecule has 0 saturated carbocycles. The van der Waals surface area contributed by atoms with Crippen LogP contribution in [0.25, 0.3) is 0 Å². The van der Waals surface area contributed by atoms with Crippen LogP contribution in [0.1, 0.15) is 105 Å². The Balaban J connectivity index is 1.50. The Bertz CT molecular complexity index is 2230. The lowest BCUT2D eigenvalue weighted by Crippen LogP contribution is -2.31. The Kier molecular flexibility index (Phi) is 15.1. The van der Waals surface area contributed by atoms with Crippen molar-refractivity contribution in [2.24, 2.45) is 0 Å². The van der Waals surface area contributed by atoms with Gasteiger partial charge in [-0.15, -0.1) is 0 Å². The van der Waals surface area contributed by atoms with Crippen molar-refractivity contribution in [2.45, 2.75) is 144 Å². The van der Waals surface area contributed by atoms with Gasteiger partial charge in [0.25, 0.3) is 0 Å². The fourth-order valence-electron chi connectivity index (χ4n) is 7.39. The lowest BCUT2D eigenvalue weighted by Gasteiger charge is -2.27. The second kappa shape index (κ2) is 19.9. The Morgan fingerprint density at radius 3 is 0.985 bits per heavy atom. The van der Waals surface area contributed by atoms with Crippen LogP contribution in [0.4, 0.5) is 5.69 Å².